The van der Waals surface area contributed by atoms with E-state index in [2.05, 4.69) is 29.1 Å². The van der Waals surface area contributed by atoms with Gasteiger partial charge in [-0.2, -0.15) is 0 Å². The van der Waals surface area contributed by atoms with Gasteiger partial charge < -0.3 is 15.4 Å². The Morgan fingerprint density at radius 1 is 1.15 bits per heavy atom. The lowest BCUT2D eigenvalue weighted by Gasteiger charge is -2.23. The maximum absolute atomic E-state index is 12.5. The summed E-state index contributed by atoms with van der Waals surface area (Å²) < 4.78 is 0. The second-order valence-corrected chi connectivity index (χ2v) is 7.33. The summed E-state index contributed by atoms with van der Waals surface area (Å²) in [7, 11) is -1.35. The molecule has 7 heteroatoms. The molecule has 2 rings (SSSR count). The highest BCUT2D eigenvalue weighted by atomic mass is 16.4. The van der Waals surface area contributed by atoms with Gasteiger partial charge >= 0.3 is 7.12 Å². The molecule has 0 bridgehead atoms. The van der Waals surface area contributed by atoms with Crippen molar-refractivity contribution in [3.8, 4) is 0 Å². The van der Waals surface area contributed by atoms with Crippen LogP contribution in [0.5, 0.6) is 0 Å². The molecule has 0 saturated heterocycles. The van der Waals surface area contributed by atoms with Crippen LogP contribution in [0.3, 0.4) is 0 Å². The zero-order valence-corrected chi connectivity index (χ0v) is 16.0. The van der Waals surface area contributed by atoms with Gasteiger partial charge in [-0.05, 0) is 36.6 Å². The van der Waals surface area contributed by atoms with E-state index in [-0.39, 0.29) is 23.5 Å². The number of hydrogen-bond donors (Lipinski definition) is 3. The van der Waals surface area contributed by atoms with Gasteiger partial charge in [0.2, 0.25) is 0 Å². The van der Waals surface area contributed by atoms with E-state index >= 15 is 0 Å². The zero-order chi connectivity index (χ0) is 19.6. The first kappa shape index (κ1) is 21.1. The first-order valence-electron chi connectivity index (χ1n) is 9.42. The molecular weight excluding hydrogens is 341 g/mol. The molecule has 0 aliphatic carbocycles. The van der Waals surface area contributed by atoms with Gasteiger partial charge in [-0.25, -0.2) is 4.98 Å². The van der Waals surface area contributed by atoms with Crippen molar-refractivity contribution in [1.29, 1.82) is 0 Å². The number of hydrogen-bond acceptors (Lipinski definition) is 5. The van der Waals surface area contributed by atoms with Gasteiger partial charge in [-0.3, -0.25) is 9.78 Å². The molecule has 1 aromatic carbocycles. The summed E-state index contributed by atoms with van der Waals surface area (Å²) in [5, 5.41) is 22.4. The number of nitrogens with zero attached hydrogens (tertiary/aromatic N) is 2. The van der Waals surface area contributed by atoms with Crippen molar-refractivity contribution >= 4 is 13.0 Å². The molecule has 2 aromatic rings. The van der Waals surface area contributed by atoms with Gasteiger partial charge in [0.15, 0.2) is 0 Å². The Kier molecular flexibility index (Phi) is 8.42. The molecule has 6 nitrogen and oxygen atoms in total. The molecule has 0 aliphatic heterocycles. The average molecular weight is 369 g/mol. The van der Waals surface area contributed by atoms with Crippen LogP contribution in [0.4, 0.5) is 0 Å². The topological polar surface area (TPSA) is 95.3 Å². The van der Waals surface area contributed by atoms with Crippen LogP contribution in [-0.4, -0.2) is 39.1 Å². The SMILES string of the molecule is CC(C)C[C@H](CC[C@H](Cc1ccccc1)NC(=O)c1cnccn1)B(O)O. The number of benzene rings is 1. The Morgan fingerprint density at radius 2 is 1.89 bits per heavy atom. The van der Waals surface area contributed by atoms with E-state index in [1.165, 1.54) is 18.6 Å². The van der Waals surface area contributed by atoms with Crippen LogP contribution in [0.15, 0.2) is 48.9 Å². The number of nitrogens with one attached hydrogen (secondary N) is 1. The van der Waals surface area contributed by atoms with E-state index in [0.29, 0.717) is 25.2 Å². The second kappa shape index (κ2) is 10.8. The Labute approximate surface area is 161 Å². The summed E-state index contributed by atoms with van der Waals surface area (Å²) in [6.45, 7) is 4.12. The molecule has 1 aromatic heterocycles. The quantitative estimate of drug-likeness (QED) is 0.560. The summed E-state index contributed by atoms with van der Waals surface area (Å²) in [5.74, 6) is -0.107. The molecule has 2 atom stereocenters. The predicted octanol–water partition coefficient (Wildman–Crippen LogP) is 2.49. The van der Waals surface area contributed by atoms with E-state index < -0.39 is 7.12 Å². The fourth-order valence-corrected chi connectivity index (χ4v) is 3.21. The first-order chi connectivity index (χ1) is 13.0. The van der Waals surface area contributed by atoms with Crippen molar-refractivity contribution in [3.05, 3.63) is 60.2 Å². The molecule has 1 heterocycles. The van der Waals surface area contributed by atoms with Gasteiger partial charge in [0.1, 0.15) is 5.69 Å². The number of carbonyl (C=O) groups is 1. The van der Waals surface area contributed by atoms with Gasteiger partial charge in [-0.1, -0.05) is 50.6 Å². The second-order valence-electron chi connectivity index (χ2n) is 7.33. The van der Waals surface area contributed by atoms with Crippen LogP contribution in [0, 0.1) is 5.92 Å². The predicted molar refractivity (Wildman–Crippen MR) is 106 cm³/mol. The minimum absolute atomic E-state index is 0.129. The third-order valence-electron chi connectivity index (χ3n) is 4.54. The minimum Gasteiger partial charge on any atom is -0.427 e. The Bertz CT molecular complexity index is 683. The van der Waals surface area contributed by atoms with E-state index in [9.17, 15) is 14.8 Å². The fraction of sp³-hybridized carbons (Fsp3) is 0.450. The van der Waals surface area contributed by atoms with Crippen LogP contribution in [0.2, 0.25) is 5.82 Å². The summed E-state index contributed by atoms with van der Waals surface area (Å²) in [5.41, 5.74) is 1.39. The molecule has 144 valence electrons. The number of amides is 1. The maximum Gasteiger partial charge on any atom is 0.454 e. The van der Waals surface area contributed by atoms with Crippen LogP contribution < -0.4 is 5.32 Å². The monoisotopic (exact) mass is 369 g/mol. The van der Waals surface area contributed by atoms with Gasteiger partial charge in [0.05, 0.1) is 6.20 Å². The molecule has 3 N–H and O–H groups in total. The van der Waals surface area contributed by atoms with Crippen LogP contribution >= 0.6 is 0 Å². The number of carbonyl (C=O) groups excluding carboxylic acids is 1. The van der Waals surface area contributed by atoms with Crippen LogP contribution in [-0.2, 0) is 6.42 Å². The lowest BCUT2D eigenvalue weighted by molar-refractivity contribution is 0.0928. The average Bonchev–Trinajstić information content (AvgIpc) is 2.66. The van der Waals surface area contributed by atoms with Gasteiger partial charge in [0, 0.05) is 18.4 Å². The summed E-state index contributed by atoms with van der Waals surface area (Å²) in [4.78, 5) is 20.5. The van der Waals surface area contributed by atoms with Crippen molar-refractivity contribution in [2.45, 2.75) is 51.4 Å². The van der Waals surface area contributed by atoms with E-state index in [4.69, 9.17) is 0 Å². The molecule has 0 saturated carbocycles. The van der Waals surface area contributed by atoms with Crippen LogP contribution in [0.1, 0.15) is 49.2 Å². The molecule has 0 fully saturated rings. The summed E-state index contributed by atoms with van der Waals surface area (Å²) >= 11 is 0. The number of rotatable bonds is 10. The Hall–Kier alpha value is -2.25. The Balaban J connectivity index is 2.05. The third kappa shape index (κ3) is 7.49. The highest BCUT2D eigenvalue weighted by Crippen LogP contribution is 2.25. The maximum atomic E-state index is 12.5. The lowest BCUT2D eigenvalue weighted by atomic mass is 9.66. The highest BCUT2D eigenvalue weighted by molar-refractivity contribution is 6.43. The van der Waals surface area contributed by atoms with Crippen molar-refractivity contribution < 1.29 is 14.8 Å². The largest absolute Gasteiger partial charge is 0.454 e. The third-order valence-corrected chi connectivity index (χ3v) is 4.54. The molecule has 0 spiro atoms. The van der Waals surface area contributed by atoms with Crippen LogP contribution in [0.25, 0.3) is 0 Å². The normalized spacial score (nSPS) is 13.2. The van der Waals surface area contributed by atoms with E-state index in [1.807, 2.05) is 30.3 Å². The summed E-state index contributed by atoms with van der Waals surface area (Å²) in [6.07, 6.45) is 7.12. The van der Waals surface area contributed by atoms with E-state index in [1.54, 1.807) is 0 Å². The standard InChI is InChI=1S/C20H28BN3O3/c1-15(2)12-17(21(26)27)8-9-18(13-16-6-4-3-5-7-16)24-20(25)19-14-22-10-11-23-19/h3-7,10-11,14-15,17-18,26-27H,8-9,12-13H2,1-2H3,(H,24,25)/t17-,18+/m0/s1. The number of aromatic nitrogens is 2. The minimum atomic E-state index is -1.35. The fourth-order valence-electron chi connectivity index (χ4n) is 3.21. The molecule has 27 heavy (non-hydrogen) atoms. The smallest absolute Gasteiger partial charge is 0.427 e. The first-order valence-corrected chi connectivity index (χ1v) is 9.42. The summed E-state index contributed by atoms with van der Waals surface area (Å²) in [6, 6.07) is 9.81. The van der Waals surface area contributed by atoms with Crippen molar-refractivity contribution in [2.75, 3.05) is 0 Å². The molecule has 1 amide bonds. The van der Waals surface area contributed by atoms with Crippen molar-refractivity contribution in [1.82, 2.24) is 15.3 Å². The lowest BCUT2D eigenvalue weighted by Crippen LogP contribution is -2.37. The zero-order valence-electron chi connectivity index (χ0n) is 16.0. The molecular formula is C20H28BN3O3. The molecule has 0 aliphatic rings. The molecule has 0 radical (unpaired) electrons. The van der Waals surface area contributed by atoms with Gasteiger partial charge in [0.25, 0.3) is 5.91 Å². The Morgan fingerprint density at radius 3 is 2.48 bits per heavy atom. The van der Waals surface area contributed by atoms with E-state index in [0.717, 1.165) is 12.0 Å². The highest BCUT2D eigenvalue weighted by Gasteiger charge is 2.26. The van der Waals surface area contributed by atoms with Crippen molar-refractivity contribution in [2.24, 2.45) is 5.92 Å². The van der Waals surface area contributed by atoms with Crippen molar-refractivity contribution in [3.63, 3.8) is 0 Å². The molecule has 0 unspecified atom stereocenters. The van der Waals surface area contributed by atoms with Gasteiger partial charge in [-0.15, -0.1) is 0 Å².